The van der Waals surface area contributed by atoms with Gasteiger partial charge in [-0.25, -0.2) is 9.37 Å². The minimum absolute atomic E-state index is 0.0109. The molecule has 1 aromatic heterocycles. The van der Waals surface area contributed by atoms with Crippen molar-refractivity contribution in [1.82, 2.24) is 15.3 Å². The van der Waals surface area contributed by atoms with Gasteiger partial charge in [-0.1, -0.05) is 13.0 Å². The summed E-state index contributed by atoms with van der Waals surface area (Å²) in [6.45, 7) is 3.39. The molecule has 0 radical (unpaired) electrons. The van der Waals surface area contributed by atoms with E-state index in [9.17, 15) is 4.39 Å². The van der Waals surface area contributed by atoms with Gasteiger partial charge in [0.05, 0.1) is 6.54 Å². The number of rotatable bonds is 7. The van der Waals surface area contributed by atoms with Gasteiger partial charge in [-0.15, -0.1) is 0 Å². The molecule has 0 unspecified atom stereocenters. The first-order valence-corrected chi connectivity index (χ1v) is 6.39. The van der Waals surface area contributed by atoms with Crippen molar-refractivity contribution in [1.29, 1.82) is 0 Å². The maximum absolute atomic E-state index is 13.1. The lowest BCUT2D eigenvalue weighted by atomic mass is 10.2. The highest BCUT2D eigenvalue weighted by molar-refractivity contribution is 5.22. The Hall–Kier alpha value is -1.88. The topological polar surface area (TPSA) is 49.9 Å². The van der Waals surface area contributed by atoms with Crippen LogP contribution in [0, 0.1) is 5.82 Å². The fourth-order valence-electron chi connectivity index (χ4n) is 1.75. The van der Waals surface area contributed by atoms with E-state index in [0.717, 1.165) is 12.2 Å². The van der Waals surface area contributed by atoms with E-state index in [1.54, 1.807) is 24.5 Å². The average Bonchev–Trinajstić information content (AvgIpc) is 2.91. The monoisotopic (exact) mass is 263 g/mol. The van der Waals surface area contributed by atoms with E-state index in [4.69, 9.17) is 4.74 Å². The van der Waals surface area contributed by atoms with Gasteiger partial charge in [-0.3, -0.25) is 0 Å². The zero-order valence-corrected chi connectivity index (χ0v) is 10.9. The molecule has 0 aliphatic carbocycles. The zero-order chi connectivity index (χ0) is 13.5. The minimum Gasteiger partial charge on any atom is -0.489 e. The predicted octanol–water partition coefficient (Wildman–Crippen LogP) is 2.50. The smallest absolute Gasteiger partial charge is 0.126 e. The Balaban J connectivity index is 1.80. The van der Waals surface area contributed by atoms with Gasteiger partial charge in [-0.05, 0) is 18.6 Å². The highest BCUT2D eigenvalue weighted by Crippen LogP contribution is 2.14. The first-order chi connectivity index (χ1) is 9.28. The summed E-state index contributed by atoms with van der Waals surface area (Å²) in [6, 6.07) is 6.21. The average molecular weight is 263 g/mol. The van der Waals surface area contributed by atoms with Crippen molar-refractivity contribution in [3.8, 4) is 5.75 Å². The highest BCUT2D eigenvalue weighted by atomic mass is 19.1. The molecular weight excluding hydrogens is 245 g/mol. The van der Waals surface area contributed by atoms with Crippen LogP contribution >= 0.6 is 0 Å². The first-order valence-electron chi connectivity index (χ1n) is 6.39. The van der Waals surface area contributed by atoms with Gasteiger partial charge in [0.25, 0.3) is 0 Å². The lowest BCUT2D eigenvalue weighted by molar-refractivity contribution is 0.192. The Kier molecular flexibility index (Phi) is 4.92. The molecule has 2 rings (SSSR count). The molecule has 0 aliphatic heterocycles. The van der Waals surface area contributed by atoms with Gasteiger partial charge in [0.1, 0.15) is 23.5 Å². The van der Waals surface area contributed by atoms with Crippen LogP contribution in [0.25, 0.3) is 0 Å². The van der Waals surface area contributed by atoms with Crippen LogP contribution in [0.15, 0.2) is 36.7 Å². The number of nitrogens with zero attached hydrogens (tertiary/aromatic N) is 1. The molecule has 1 heterocycles. The van der Waals surface area contributed by atoms with Gasteiger partial charge in [0.2, 0.25) is 0 Å². The van der Waals surface area contributed by atoms with Crippen LogP contribution in [-0.2, 0) is 6.54 Å². The van der Waals surface area contributed by atoms with Gasteiger partial charge >= 0.3 is 0 Å². The van der Waals surface area contributed by atoms with Crippen LogP contribution in [0.1, 0.15) is 19.2 Å². The molecule has 1 atom stereocenters. The number of hydrogen-bond donors (Lipinski definition) is 2. The fourth-order valence-corrected chi connectivity index (χ4v) is 1.75. The number of H-pyrrole nitrogens is 1. The second-order valence-corrected chi connectivity index (χ2v) is 4.27. The van der Waals surface area contributed by atoms with E-state index in [1.165, 1.54) is 12.1 Å². The molecule has 0 saturated carbocycles. The molecule has 0 amide bonds. The Bertz CT molecular complexity index is 487. The maximum Gasteiger partial charge on any atom is 0.126 e. The zero-order valence-electron chi connectivity index (χ0n) is 10.9. The third kappa shape index (κ3) is 4.37. The van der Waals surface area contributed by atoms with E-state index in [0.29, 0.717) is 18.8 Å². The standard InChI is InChI=1S/C14H18FN3O/c1-2-12(9-16-10-14-17-6-7-18-14)19-13-5-3-4-11(15)8-13/h3-8,12,16H,2,9-10H2,1H3,(H,17,18)/t12-/m1/s1. The predicted molar refractivity (Wildman–Crippen MR) is 71.4 cm³/mol. The first kappa shape index (κ1) is 13.5. The number of benzene rings is 1. The second-order valence-electron chi connectivity index (χ2n) is 4.27. The lowest BCUT2D eigenvalue weighted by Crippen LogP contribution is -2.30. The molecular formula is C14H18FN3O. The van der Waals surface area contributed by atoms with Crippen LogP contribution in [0.4, 0.5) is 4.39 Å². The molecule has 0 aliphatic rings. The molecule has 5 heteroatoms. The molecule has 2 N–H and O–H groups in total. The van der Waals surface area contributed by atoms with Crippen LogP contribution in [-0.4, -0.2) is 22.6 Å². The molecule has 0 spiro atoms. The summed E-state index contributed by atoms with van der Waals surface area (Å²) in [5.41, 5.74) is 0. The van der Waals surface area contributed by atoms with Crippen molar-refractivity contribution in [2.45, 2.75) is 26.0 Å². The van der Waals surface area contributed by atoms with Crippen molar-refractivity contribution in [3.05, 3.63) is 48.3 Å². The summed E-state index contributed by atoms with van der Waals surface area (Å²) >= 11 is 0. The van der Waals surface area contributed by atoms with Crippen molar-refractivity contribution in [2.75, 3.05) is 6.54 Å². The molecule has 0 bridgehead atoms. The molecule has 0 fully saturated rings. The largest absolute Gasteiger partial charge is 0.489 e. The summed E-state index contributed by atoms with van der Waals surface area (Å²) in [7, 11) is 0. The van der Waals surface area contributed by atoms with Crippen molar-refractivity contribution in [2.24, 2.45) is 0 Å². The van der Waals surface area contributed by atoms with Gasteiger partial charge in [-0.2, -0.15) is 0 Å². The van der Waals surface area contributed by atoms with Crippen molar-refractivity contribution in [3.63, 3.8) is 0 Å². The lowest BCUT2D eigenvalue weighted by Gasteiger charge is -2.18. The quantitative estimate of drug-likeness (QED) is 0.807. The van der Waals surface area contributed by atoms with Gasteiger partial charge < -0.3 is 15.0 Å². The highest BCUT2D eigenvalue weighted by Gasteiger charge is 2.08. The number of halogens is 1. The van der Waals surface area contributed by atoms with Crippen LogP contribution < -0.4 is 10.1 Å². The molecule has 1 aromatic carbocycles. The van der Waals surface area contributed by atoms with E-state index in [-0.39, 0.29) is 11.9 Å². The van der Waals surface area contributed by atoms with Gasteiger partial charge in [0, 0.05) is 25.0 Å². The summed E-state index contributed by atoms with van der Waals surface area (Å²) in [5.74, 6) is 1.17. The van der Waals surface area contributed by atoms with Crippen molar-refractivity contribution < 1.29 is 9.13 Å². The van der Waals surface area contributed by atoms with E-state index in [2.05, 4.69) is 15.3 Å². The summed E-state index contributed by atoms with van der Waals surface area (Å²) in [4.78, 5) is 7.15. The SMILES string of the molecule is CC[C@H](CNCc1ncc[nH]1)Oc1cccc(F)c1. The number of aromatic amines is 1. The third-order valence-corrected chi connectivity index (χ3v) is 2.77. The van der Waals surface area contributed by atoms with Crippen LogP contribution in [0.2, 0.25) is 0 Å². The summed E-state index contributed by atoms with van der Waals surface area (Å²) < 4.78 is 18.8. The number of ether oxygens (including phenoxy) is 1. The number of nitrogens with one attached hydrogen (secondary N) is 2. The van der Waals surface area contributed by atoms with E-state index >= 15 is 0 Å². The normalized spacial score (nSPS) is 12.3. The van der Waals surface area contributed by atoms with Gasteiger partial charge in [0.15, 0.2) is 0 Å². The second kappa shape index (κ2) is 6.89. The molecule has 102 valence electrons. The van der Waals surface area contributed by atoms with E-state index in [1.807, 2.05) is 6.92 Å². The molecule has 0 saturated heterocycles. The summed E-state index contributed by atoms with van der Waals surface area (Å²) in [5, 5.41) is 3.26. The minimum atomic E-state index is -0.282. The molecule has 4 nitrogen and oxygen atoms in total. The Labute approximate surface area is 112 Å². The Morgan fingerprint density at radius 1 is 1.47 bits per heavy atom. The Morgan fingerprint density at radius 2 is 2.37 bits per heavy atom. The maximum atomic E-state index is 13.1. The Morgan fingerprint density at radius 3 is 3.05 bits per heavy atom. The molecule has 19 heavy (non-hydrogen) atoms. The number of aromatic nitrogens is 2. The number of imidazole rings is 1. The van der Waals surface area contributed by atoms with E-state index < -0.39 is 0 Å². The summed E-state index contributed by atoms with van der Waals surface area (Å²) in [6.07, 6.45) is 4.37. The van der Waals surface area contributed by atoms with Crippen molar-refractivity contribution >= 4 is 0 Å². The van der Waals surface area contributed by atoms with Crippen LogP contribution in [0.5, 0.6) is 5.75 Å². The third-order valence-electron chi connectivity index (χ3n) is 2.77. The molecule has 2 aromatic rings. The van der Waals surface area contributed by atoms with Crippen LogP contribution in [0.3, 0.4) is 0 Å². The number of hydrogen-bond acceptors (Lipinski definition) is 3. The fraction of sp³-hybridized carbons (Fsp3) is 0.357.